The molecule has 0 amide bonds. The quantitative estimate of drug-likeness (QED) is 0.760. The van der Waals surface area contributed by atoms with Crippen molar-refractivity contribution >= 4 is 6.29 Å². The van der Waals surface area contributed by atoms with Crippen molar-refractivity contribution in [3.63, 3.8) is 0 Å². The number of carbonyl (C=O) groups excluding carboxylic acids is 1. The number of hydrogen-bond acceptors (Lipinski definition) is 5. The third-order valence-corrected chi connectivity index (χ3v) is 1.87. The Labute approximate surface area is 85.4 Å². The zero-order valence-corrected chi connectivity index (χ0v) is 7.75. The summed E-state index contributed by atoms with van der Waals surface area (Å²) in [6.45, 7) is 0. The number of nitrogens with zero attached hydrogens (tertiary/aromatic N) is 2. The normalized spacial score (nSPS) is 10.1. The molecule has 2 rings (SSSR count). The van der Waals surface area contributed by atoms with E-state index in [2.05, 4.69) is 10.1 Å². The van der Waals surface area contributed by atoms with Gasteiger partial charge in [0.2, 0.25) is 0 Å². The minimum absolute atomic E-state index is 0.0683. The maximum atomic E-state index is 10.2. The van der Waals surface area contributed by atoms with E-state index < -0.39 is 0 Å². The SMILES string of the molecule is O=CCc1noc(-c2ccccc2O)n1. The van der Waals surface area contributed by atoms with Crippen LogP contribution >= 0.6 is 0 Å². The first-order valence-corrected chi connectivity index (χ1v) is 4.36. The number of aromatic nitrogens is 2. The first-order chi connectivity index (χ1) is 7.31. The Kier molecular flexibility index (Phi) is 2.45. The number of benzene rings is 1. The second kappa shape index (κ2) is 3.91. The van der Waals surface area contributed by atoms with E-state index in [1.807, 2.05) is 0 Å². The molecule has 1 heterocycles. The minimum atomic E-state index is 0.0683. The molecular formula is C10H8N2O3. The van der Waals surface area contributed by atoms with Crippen molar-refractivity contribution in [1.29, 1.82) is 0 Å². The van der Waals surface area contributed by atoms with E-state index in [0.717, 1.165) is 0 Å². The van der Waals surface area contributed by atoms with Gasteiger partial charge in [-0.25, -0.2) is 0 Å². The van der Waals surface area contributed by atoms with Gasteiger partial charge in [0.1, 0.15) is 12.0 Å². The fraction of sp³-hybridized carbons (Fsp3) is 0.100. The van der Waals surface area contributed by atoms with E-state index in [1.54, 1.807) is 18.2 Å². The van der Waals surface area contributed by atoms with Gasteiger partial charge in [-0.05, 0) is 12.1 Å². The van der Waals surface area contributed by atoms with Crippen molar-refractivity contribution in [3.05, 3.63) is 30.1 Å². The lowest BCUT2D eigenvalue weighted by Crippen LogP contribution is -1.87. The van der Waals surface area contributed by atoms with Crippen LogP contribution in [-0.4, -0.2) is 21.5 Å². The molecule has 5 nitrogen and oxygen atoms in total. The van der Waals surface area contributed by atoms with Crippen LogP contribution in [-0.2, 0) is 11.2 Å². The Hall–Kier alpha value is -2.17. The van der Waals surface area contributed by atoms with Crippen LogP contribution in [0.2, 0.25) is 0 Å². The van der Waals surface area contributed by atoms with E-state index in [9.17, 15) is 9.90 Å². The van der Waals surface area contributed by atoms with Crippen molar-refractivity contribution in [3.8, 4) is 17.2 Å². The van der Waals surface area contributed by atoms with Crippen molar-refractivity contribution in [1.82, 2.24) is 10.1 Å². The summed E-state index contributed by atoms with van der Waals surface area (Å²) in [7, 11) is 0. The van der Waals surface area contributed by atoms with Gasteiger partial charge in [-0.2, -0.15) is 4.98 Å². The van der Waals surface area contributed by atoms with Gasteiger partial charge in [-0.3, -0.25) is 0 Å². The number of phenolic OH excluding ortho intramolecular Hbond substituents is 1. The van der Waals surface area contributed by atoms with E-state index >= 15 is 0 Å². The molecule has 1 N–H and O–H groups in total. The molecule has 0 aliphatic rings. The van der Waals surface area contributed by atoms with Crippen molar-refractivity contribution < 1.29 is 14.4 Å². The van der Waals surface area contributed by atoms with Crippen LogP contribution in [0.3, 0.4) is 0 Å². The smallest absolute Gasteiger partial charge is 0.261 e. The van der Waals surface area contributed by atoms with Gasteiger partial charge in [0.05, 0.1) is 12.0 Å². The van der Waals surface area contributed by atoms with Crippen LogP contribution in [0.1, 0.15) is 5.82 Å². The summed E-state index contributed by atoms with van der Waals surface area (Å²) in [5.74, 6) is 0.590. The lowest BCUT2D eigenvalue weighted by Gasteiger charge is -1.96. The van der Waals surface area contributed by atoms with Gasteiger partial charge >= 0.3 is 0 Å². The molecule has 0 radical (unpaired) electrons. The number of aldehydes is 1. The Bertz CT molecular complexity index is 479. The molecule has 1 aromatic heterocycles. The molecule has 2 aromatic rings. The fourth-order valence-corrected chi connectivity index (χ4v) is 1.18. The van der Waals surface area contributed by atoms with Gasteiger partial charge in [-0.15, -0.1) is 0 Å². The number of phenols is 1. The highest BCUT2D eigenvalue weighted by molar-refractivity contribution is 5.62. The fourth-order valence-electron chi connectivity index (χ4n) is 1.18. The number of carbonyl (C=O) groups is 1. The monoisotopic (exact) mass is 204 g/mol. The summed E-state index contributed by atoms with van der Waals surface area (Å²) in [4.78, 5) is 14.2. The van der Waals surface area contributed by atoms with Crippen LogP contribution in [0.4, 0.5) is 0 Å². The molecule has 0 unspecified atom stereocenters. The number of hydrogen-bond donors (Lipinski definition) is 1. The van der Waals surface area contributed by atoms with Gasteiger partial charge in [0.25, 0.3) is 5.89 Å². The van der Waals surface area contributed by atoms with Gasteiger partial charge in [-0.1, -0.05) is 17.3 Å². The molecule has 0 aliphatic carbocycles. The zero-order valence-electron chi connectivity index (χ0n) is 7.75. The highest BCUT2D eigenvalue weighted by Gasteiger charge is 2.11. The summed E-state index contributed by atoms with van der Waals surface area (Å²) in [5, 5.41) is 13.1. The summed E-state index contributed by atoms with van der Waals surface area (Å²) < 4.78 is 4.90. The molecule has 0 spiro atoms. The van der Waals surface area contributed by atoms with E-state index in [4.69, 9.17) is 4.52 Å². The third-order valence-electron chi connectivity index (χ3n) is 1.87. The zero-order chi connectivity index (χ0) is 10.7. The largest absolute Gasteiger partial charge is 0.507 e. The average Bonchev–Trinajstić information content (AvgIpc) is 2.68. The molecule has 0 saturated heterocycles. The Balaban J connectivity index is 2.37. The summed E-state index contributed by atoms with van der Waals surface area (Å²) in [6, 6.07) is 6.63. The van der Waals surface area contributed by atoms with Crippen molar-refractivity contribution in [2.75, 3.05) is 0 Å². The molecule has 0 aliphatic heterocycles. The van der Waals surface area contributed by atoms with Crippen molar-refractivity contribution in [2.45, 2.75) is 6.42 Å². The van der Waals surface area contributed by atoms with Crippen LogP contribution < -0.4 is 0 Å². The first kappa shape index (κ1) is 9.39. The number of rotatable bonds is 3. The molecule has 0 fully saturated rings. The van der Waals surface area contributed by atoms with E-state index in [1.165, 1.54) is 6.07 Å². The van der Waals surface area contributed by atoms with Crippen molar-refractivity contribution in [2.24, 2.45) is 0 Å². The van der Waals surface area contributed by atoms with Crippen LogP contribution in [0.25, 0.3) is 11.5 Å². The summed E-state index contributed by atoms with van der Waals surface area (Å²) in [6.07, 6.45) is 0.802. The number of para-hydroxylation sites is 1. The molecule has 15 heavy (non-hydrogen) atoms. The van der Waals surface area contributed by atoms with Gasteiger partial charge < -0.3 is 14.4 Å². The Morgan fingerprint density at radius 1 is 1.40 bits per heavy atom. The second-order valence-corrected chi connectivity index (χ2v) is 2.90. The molecule has 0 atom stereocenters. The molecule has 0 bridgehead atoms. The Morgan fingerprint density at radius 3 is 2.93 bits per heavy atom. The van der Waals surface area contributed by atoms with E-state index in [-0.39, 0.29) is 18.1 Å². The molecule has 1 aromatic carbocycles. The highest BCUT2D eigenvalue weighted by Crippen LogP contribution is 2.26. The molecule has 5 heteroatoms. The molecular weight excluding hydrogens is 196 g/mol. The first-order valence-electron chi connectivity index (χ1n) is 4.36. The van der Waals surface area contributed by atoms with Crippen LogP contribution in [0.5, 0.6) is 5.75 Å². The average molecular weight is 204 g/mol. The van der Waals surface area contributed by atoms with Gasteiger partial charge in [0.15, 0.2) is 5.82 Å². The second-order valence-electron chi connectivity index (χ2n) is 2.90. The molecule has 76 valence electrons. The van der Waals surface area contributed by atoms with Gasteiger partial charge in [0, 0.05) is 0 Å². The topological polar surface area (TPSA) is 76.2 Å². The van der Waals surface area contributed by atoms with E-state index in [0.29, 0.717) is 17.7 Å². The van der Waals surface area contributed by atoms with Crippen LogP contribution in [0, 0.1) is 0 Å². The molecule has 0 saturated carbocycles. The third kappa shape index (κ3) is 1.85. The number of aromatic hydroxyl groups is 1. The summed E-state index contributed by atoms with van der Waals surface area (Å²) >= 11 is 0. The maximum Gasteiger partial charge on any atom is 0.261 e. The Morgan fingerprint density at radius 2 is 2.20 bits per heavy atom. The highest BCUT2D eigenvalue weighted by atomic mass is 16.5. The predicted molar refractivity (Wildman–Crippen MR) is 51.2 cm³/mol. The van der Waals surface area contributed by atoms with Crippen LogP contribution in [0.15, 0.2) is 28.8 Å². The lowest BCUT2D eigenvalue weighted by molar-refractivity contribution is -0.107. The standard InChI is InChI=1S/C10H8N2O3/c13-6-5-9-11-10(15-12-9)7-3-1-2-4-8(7)14/h1-4,6,14H,5H2. The minimum Gasteiger partial charge on any atom is -0.507 e. The lowest BCUT2D eigenvalue weighted by atomic mass is 10.2. The maximum absolute atomic E-state index is 10.2. The predicted octanol–water partition coefficient (Wildman–Crippen LogP) is 1.18. The summed E-state index contributed by atoms with van der Waals surface area (Å²) in [5.41, 5.74) is 0.460.